The van der Waals surface area contributed by atoms with Gasteiger partial charge in [-0.1, -0.05) is 27.7 Å². The number of aromatic nitrogens is 1. The Hall–Kier alpha value is -0.890. The second kappa shape index (κ2) is 4.41. The quantitative estimate of drug-likeness (QED) is 0.865. The third kappa shape index (κ3) is 2.37. The van der Waals surface area contributed by atoms with E-state index in [0.29, 0.717) is 11.8 Å². The number of rotatable bonds is 4. The lowest BCUT2D eigenvalue weighted by atomic mass is 9.94. The number of nitrogens with zero attached hydrogens (tertiary/aromatic N) is 1. The van der Waals surface area contributed by atoms with Gasteiger partial charge in [-0.25, -0.2) is 0 Å². The lowest BCUT2D eigenvalue weighted by molar-refractivity contribution is 0.252. The molecule has 0 unspecified atom stereocenters. The Balaban J connectivity index is 2.45. The van der Waals surface area contributed by atoms with Crippen LogP contribution >= 0.6 is 0 Å². The predicted molar refractivity (Wildman–Crippen MR) is 70.4 cm³/mol. The van der Waals surface area contributed by atoms with Crippen LogP contribution in [0.4, 0.5) is 0 Å². The first-order chi connectivity index (χ1) is 7.98. The smallest absolute Gasteiger partial charge is 0.0543 e. The molecule has 0 bridgehead atoms. The first-order valence-corrected chi connectivity index (χ1v) is 6.62. The summed E-state index contributed by atoms with van der Waals surface area (Å²) < 4.78 is 0. The highest BCUT2D eigenvalue weighted by molar-refractivity contribution is 5.33. The van der Waals surface area contributed by atoms with Gasteiger partial charge in [-0.15, -0.1) is 0 Å². The minimum Gasteiger partial charge on any atom is -0.395 e. The van der Waals surface area contributed by atoms with Crippen LogP contribution in [0.1, 0.15) is 69.3 Å². The van der Waals surface area contributed by atoms with Crippen LogP contribution < -0.4 is 0 Å². The average Bonchev–Trinajstić information content (AvgIpc) is 3.09. The van der Waals surface area contributed by atoms with Gasteiger partial charge in [0.1, 0.15) is 0 Å². The Morgan fingerprint density at radius 3 is 2.24 bits per heavy atom. The van der Waals surface area contributed by atoms with E-state index in [1.165, 1.54) is 5.56 Å². The molecule has 1 saturated carbocycles. The number of hydrogen-bond acceptors (Lipinski definition) is 2. The number of hydrogen-bond donors (Lipinski definition) is 1. The molecule has 0 aromatic carbocycles. The van der Waals surface area contributed by atoms with Gasteiger partial charge in [0.2, 0.25) is 0 Å². The van der Waals surface area contributed by atoms with Crippen LogP contribution in [0.3, 0.4) is 0 Å². The molecule has 94 valence electrons. The summed E-state index contributed by atoms with van der Waals surface area (Å²) in [6.45, 7) is 9.01. The van der Waals surface area contributed by atoms with Gasteiger partial charge >= 0.3 is 0 Å². The Kier molecular flexibility index (Phi) is 3.26. The zero-order valence-electron chi connectivity index (χ0n) is 11.3. The zero-order chi connectivity index (χ0) is 12.6. The fraction of sp³-hybridized carbons (Fsp3) is 0.667. The molecule has 1 aliphatic carbocycles. The molecular weight excluding hydrogens is 210 g/mol. The summed E-state index contributed by atoms with van der Waals surface area (Å²) in [6, 6.07) is 4.41. The first-order valence-electron chi connectivity index (χ1n) is 6.62. The summed E-state index contributed by atoms with van der Waals surface area (Å²) in [5.41, 5.74) is 3.59. The van der Waals surface area contributed by atoms with Crippen LogP contribution in [0, 0.1) is 0 Å². The molecule has 0 radical (unpaired) electrons. The standard InChI is InChI=1S/C15H23NO/c1-10(2)12-7-13(11(3)4)16-14(8-12)15(9-17)5-6-15/h7-8,10-11,17H,5-6,9H2,1-4H3. The molecule has 1 fully saturated rings. The van der Waals surface area contributed by atoms with Gasteiger partial charge in [-0.3, -0.25) is 4.98 Å². The van der Waals surface area contributed by atoms with Crippen molar-refractivity contribution in [2.75, 3.05) is 6.61 Å². The molecule has 0 amide bonds. The maximum Gasteiger partial charge on any atom is 0.0543 e. The lowest BCUT2D eigenvalue weighted by Crippen LogP contribution is -2.16. The van der Waals surface area contributed by atoms with Crippen LogP contribution in [0.25, 0.3) is 0 Å². The summed E-state index contributed by atoms with van der Waals surface area (Å²) >= 11 is 0. The third-order valence-electron chi connectivity index (χ3n) is 3.83. The van der Waals surface area contributed by atoms with Gasteiger partial charge < -0.3 is 5.11 Å². The average molecular weight is 233 g/mol. The van der Waals surface area contributed by atoms with Gasteiger partial charge in [-0.2, -0.15) is 0 Å². The van der Waals surface area contributed by atoms with Gasteiger partial charge in [-0.05, 0) is 42.4 Å². The number of aliphatic hydroxyl groups excluding tert-OH is 1. The van der Waals surface area contributed by atoms with Crippen molar-refractivity contribution in [1.29, 1.82) is 0 Å². The maximum absolute atomic E-state index is 9.53. The van der Waals surface area contributed by atoms with E-state index in [0.717, 1.165) is 24.2 Å². The molecule has 1 aliphatic rings. The van der Waals surface area contributed by atoms with E-state index in [2.05, 4.69) is 39.8 Å². The monoisotopic (exact) mass is 233 g/mol. The van der Waals surface area contributed by atoms with Crippen molar-refractivity contribution >= 4 is 0 Å². The predicted octanol–water partition coefficient (Wildman–Crippen LogP) is 3.35. The van der Waals surface area contributed by atoms with Crippen LogP contribution in [0.2, 0.25) is 0 Å². The van der Waals surface area contributed by atoms with Crippen molar-refractivity contribution in [3.8, 4) is 0 Å². The first kappa shape index (κ1) is 12.6. The van der Waals surface area contributed by atoms with Crippen LogP contribution in [0.15, 0.2) is 12.1 Å². The summed E-state index contributed by atoms with van der Waals surface area (Å²) in [4.78, 5) is 4.76. The molecule has 0 atom stereocenters. The molecule has 0 spiro atoms. The lowest BCUT2D eigenvalue weighted by Gasteiger charge is -2.17. The fourth-order valence-corrected chi connectivity index (χ4v) is 2.12. The highest BCUT2D eigenvalue weighted by atomic mass is 16.3. The van der Waals surface area contributed by atoms with E-state index < -0.39 is 0 Å². The highest BCUT2D eigenvalue weighted by Gasteiger charge is 2.45. The molecule has 1 N–H and O–H groups in total. The van der Waals surface area contributed by atoms with E-state index in [-0.39, 0.29) is 12.0 Å². The van der Waals surface area contributed by atoms with E-state index in [4.69, 9.17) is 4.98 Å². The summed E-state index contributed by atoms with van der Waals surface area (Å²) in [7, 11) is 0. The molecule has 2 heteroatoms. The summed E-state index contributed by atoms with van der Waals surface area (Å²) in [5, 5.41) is 9.53. The molecule has 0 aliphatic heterocycles. The SMILES string of the molecule is CC(C)c1cc(C(C)C)nc(C2(CO)CC2)c1. The van der Waals surface area contributed by atoms with E-state index in [9.17, 15) is 5.11 Å². The van der Waals surface area contributed by atoms with Gasteiger partial charge in [0.25, 0.3) is 0 Å². The van der Waals surface area contributed by atoms with Crippen molar-refractivity contribution in [2.45, 2.75) is 57.8 Å². The summed E-state index contributed by atoms with van der Waals surface area (Å²) in [6.07, 6.45) is 2.16. The minimum absolute atomic E-state index is 0.0193. The minimum atomic E-state index is -0.0193. The Morgan fingerprint density at radius 1 is 1.18 bits per heavy atom. The highest BCUT2D eigenvalue weighted by Crippen LogP contribution is 2.47. The van der Waals surface area contributed by atoms with Crippen molar-refractivity contribution in [3.63, 3.8) is 0 Å². The Bertz CT molecular complexity index is 379. The molecule has 1 aromatic rings. The third-order valence-corrected chi connectivity index (χ3v) is 3.83. The van der Waals surface area contributed by atoms with Gasteiger partial charge in [0.05, 0.1) is 6.61 Å². The van der Waals surface area contributed by atoms with E-state index in [1.54, 1.807) is 0 Å². The second-order valence-corrected chi connectivity index (χ2v) is 5.96. The van der Waals surface area contributed by atoms with Crippen molar-refractivity contribution in [3.05, 3.63) is 29.1 Å². The fourth-order valence-electron chi connectivity index (χ4n) is 2.12. The number of aliphatic hydroxyl groups is 1. The molecule has 17 heavy (non-hydrogen) atoms. The van der Waals surface area contributed by atoms with Crippen molar-refractivity contribution in [2.24, 2.45) is 0 Å². The molecule has 0 saturated heterocycles. The van der Waals surface area contributed by atoms with E-state index >= 15 is 0 Å². The van der Waals surface area contributed by atoms with Gasteiger partial charge in [0.15, 0.2) is 0 Å². The maximum atomic E-state index is 9.53. The second-order valence-electron chi connectivity index (χ2n) is 5.96. The van der Waals surface area contributed by atoms with Crippen LogP contribution in [-0.2, 0) is 5.41 Å². The number of pyridine rings is 1. The molecule has 2 nitrogen and oxygen atoms in total. The normalized spacial score (nSPS) is 17.8. The Labute approximate surface area is 104 Å². The zero-order valence-corrected chi connectivity index (χ0v) is 11.3. The molecule has 1 aromatic heterocycles. The summed E-state index contributed by atoms with van der Waals surface area (Å²) in [5.74, 6) is 0.964. The molecular formula is C15H23NO. The van der Waals surface area contributed by atoms with Crippen molar-refractivity contribution in [1.82, 2.24) is 4.98 Å². The van der Waals surface area contributed by atoms with Gasteiger partial charge in [0, 0.05) is 16.8 Å². The van der Waals surface area contributed by atoms with E-state index in [1.807, 2.05) is 0 Å². The topological polar surface area (TPSA) is 33.1 Å². The van der Waals surface area contributed by atoms with Crippen LogP contribution in [-0.4, -0.2) is 16.7 Å². The van der Waals surface area contributed by atoms with Crippen LogP contribution in [0.5, 0.6) is 0 Å². The largest absolute Gasteiger partial charge is 0.395 e. The van der Waals surface area contributed by atoms with Crippen molar-refractivity contribution < 1.29 is 5.11 Å². The molecule has 2 rings (SSSR count). The molecule has 1 heterocycles. The Morgan fingerprint density at radius 2 is 1.82 bits per heavy atom.